The molecule has 1 aromatic rings. The van der Waals surface area contributed by atoms with Gasteiger partial charge in [-0.1, -0.05) is 13.0 Å². The zero-order chi connectivity index (χ0) is 12.0. The summed E-state index contributed by atoms with van der Waals surface area (Å²) in [6.45, 7) is 6.67. The van der Waals surface area contributed by atoms with Crippen LogP contribution in [0.15, 0.2) is 23.1 Å². The summed E-state index contributed by atoms with van der Waals surface area (Å²) >= 11 is 6.24. The molecule has 1 atom stereocenters. The molecule has 0 spiro atoms. The van der Waals surface area contributed by atoms with Crippen LogP contribution in [0.4, 0.5) is 0 Å². The lowest BCUT2D eigenvalue weighted by Crippen LogP contribution is -1.97. The molecule has 1 aromatic carbocycles. The van der Waals surface area contributed by atoms with Crippen molar-refractivity contribution in [2.24, 2.45) is 5.92 Å². The molecule has 1 rings (SSSR count). The second-order valence-electron chi connectivity index (χ2n) is 4.50. The number of rotatable bonds is 6. The maximum Gasteiger partial charge on any atom is 0.00747 e. The van der Waals surface area contributed by atoms with Crippen LogP contribution in [-0.4, -0.2) is 11.5 Å². The fourth-order valence-electron chi connectivity index (χ4n) is 1.55. The second kappa shape index (κ2) is 7.29. The van der Waals surface area contributed by atoms with Crippen molar-refractivity contribution in [1.29, 1.82) is 0 Å². The van der Waals surface area contributed by atoms with Crippen LogP contribution in [0.3, 0.4) is 0 Å². The molecule has 0 aromatic heterocycles. The van der Waals surface area contributed by atoms with E-state index in [2.05, 4.69) is 51.6 Å². The average Bonchev–Trinajstić information content (AvgIpc) is 2.24. The zero-order valence-electron chi connectivity index (χ0n) is 10.5. The first-order chi connectivity index (χ1) is 7.63. The van der Waals surface area contributed by atoms with E-state index in [1.165, 1.54) is 34.6 Å². The van der Waals surface area contributed by atoms with E-state index in [9.17, 15) is 0 Å². The Morgan fingerprint density at radius 3 is 2.56 bits per heavy atom. The number of hydrogen-bond donors (Lipinski definition) is 1. The van der Waals surface area contributed by atoms with Crippen molar-refractivity contribution in [2.45, 2.75) is 38.5 Å². The summed E-state index contributed by atoms with van der Waals surface area (Å²) < 4.78 is 0. The van der Waals surface area contributed by atoms with Crippen LogP contribution < -0.4 is 0 Å². The molecule has 0 aliphatic rings. The SMILES string of the molecule is Cc1ccc(SCCC(C)CCS)cc1C. The lowest BCUT2D eigenvalue weighted by molar-refractivity contribution is 0.554. The van der Waals surface area contributed by atoms with Gasteiger partial charge in [0, 0.05) is 4.90 Å². The topological polar surface area (TPSA) is 0 Å². The van der Waals surface area contributed by atoms with Crippen molar-refractivity contribution in [3.05, 3.63) is 29.3 Å². The lowest BCUT2D eigenvalue weighted by atomic mass is 10.1. The number of thioether (sulfide) groups is 1. The summed E-state index contributed by atoms with van der Waals surface area (Å²) in [4.78, 5) is 1.40. The fraction of sp³-hybridized carbons (Fsp3) is 0.571. The molecular formula is C14H22S2. The van der Waals surface area contributed by atoms with Gasteiger partial charge in [-0.05, 0) is 67.4 Å². The highest BCUT2D eigenvalue weighted by Crippen LogP contribution is 2.23. The van der Waals surface area contributed by atoms with Crippen molar-refractivity contribution in [2.75, 3.05) is 11.5 Å². The van der Waals surface area contributed by atoms with Gasteiger partial charge in [-0.2, -0.15) is 12.6 Å². The molecule has 0 amide bonds. The van der Waals surface area contributed by atoms with E-state index in [-0.39, 0.29) is 0 Å². The van der Waals surface area contributed by atoms with Crippen LogP contribution >= 0.6 is 24.4 Å². The standard InChI is InChI=1S/C14H22S2/c1-11(6-8-15)7-9-16-14-5-4-12(2)13(3)10-14/h4-5,10-11,15H,6-9H2,1-3H3. The molecule has 0 radical (unpaired) electrons. The summed E-state index contributed by atoms with van der Waals surface area (Å²) in [5.41, 5.74) is 2.78. The molecule has 0 fully saturated rings. The summed E-state index contributed by atoms with van der Waals surface area (Å²) in [5, 5.41) is 0. The Labute approximate surface area is 110 Å². The van der Waals surface area contributed by atoms with Crippen LogP contribution in [0, 0.1) is 19.8 Å². The quantitative estimate of drug-likeness (QED) is 0.565. The third-order valence-electron chi connectivity index (χ3n) is 2.98. The van der Waals surface area contributed by atoms with Crippen LogP contribution in [0.5, 0.6) is 0 Å². The zero-order valence-corrected chi connectivity index (χ0v) is 12.2. The van der Waals surface area contributed by atoms with Gasteiger partial charge in [0.2, 0.25) is 0 Å². The molecule has 0 aliphatic carbocycles. The molecule has 0 aliphatic heterocycles. The number of aryl methyl sites for hydroxylation is 2. The molecule has 0 saturated carbocycles. The molecule has 0 heterocycles. The van der Waals surface area contributed by atoms with Crippen LogP contribution in [0.25, 0.3) is 0 Å². The number of benzene rings is 1. The monoisotopic (exact) mass is 254 g/mol. The van der Waals surface area contributed by atoms with Crippen molar-refractivity contribution in [3.63, 3.8) is 0 Å². The highest BCUT2D eigenvalue weighted by molar-refractivity contribution is 7.99. The van der Waals surface area contributed by atoms with E-state index in [1.54, 1.807) is 0 Å². The second-order valence-corrected chi connectivity index (χ2v) is 6.12. The Kier molecular flexibility index (Phi) is 6.37. The molecule has 0 bridgehead atoms. The van der Waals surface area contributed by atoms with Crippen LogP contribution in [0.1, 0.15) is 30.9 Å². The predicted octanol–water partition coefficient (Wildman–Crippen LogP) is 4.74. The Morgan fingerprint density at radius 2 is 1.94 bits per heavy atom. The van der Waals surface area contributed by atoms with E-state index in [4.69, 9.17) is 0 Å². The van der Waals surface area contributed by atoms with Crippen molar-refractivity contribution >= 4 is 24.4 Å². The first-order valence-corrected chi connectivity index (χ1v) is 7.56. The van der Waals surface area contributed by atoms with Crippen molar-refractivity contribution in [1.82, 2.24) is 0 Å². The van der Waals surface area contributed by atoms with Gasteiger partial charge in [-0.15, -0.1) is 11.8 Å². The van der Waals surface area contributed by atoms with Gasteiger partial charge in [0.05, 0.1) is 0 Å². The number of thiol groups is 1. The highest BCUT2D eigenvalue weighted by Gasteiger charge is 2.02. The third kappa shape index (κ3) is 4.84. The Bertz CT molecular complexity index is 321. The summed E-state index contributed by atoms with van der Waals surface area (Å²) in [6.07, 6.45) is 2.52. The van der Waals surface area contributed by atoms with Gasteiger partial charge in [0.25, 0.3) is 0 Å². The van der Waals surface area contributed by atoms with Crippen molar-refractivity contribution < 1.29 is 0 Å². The van der Waals surface area contributed by atoms with Gasteiger partial charge in [0.1, 0.15) is 0 Å². The summed E-state index contributed by atoms with van der Waals surface area (Å²) in [6, 6.07) is 6.74. The molecule has 0 saturated heterocycles. The van der Waals surface area contributed by atoms with Gasteiger partial charge < -0.3 is 0 Å². The van der Waals surface area contributed by atoms with Gasteiger partial charge in [-0.3, -0.25) is 0 Å². The highest BCUT2D eigenvalue weighted by atomic mass is 32.2. The van der Waals surface area contributed by atoms with E-state index in [1.807, 2.05) is 11.8 Å². The minimum absolute atomic E-state index is 0.802. The van der Waals surface area contributed by atoms with Crippen molar-refractivity contribution in [3.8, 4) is 0 Å². The maximum absolute atomic E-state index is 4.27. The third-order valence-corrected chi connectivity index (χ3v) is 4.26. The van der Waals surface area contributed by atoms with Gasteiger partial charge in [0.15, 0.2) is 0 Å². The predicted molar refractivity (Wildman–Crippen MR) is 78.9 cm³/mol. The van der Waals surface area contributed by atoms with Crippen LogP contribution in [0.2, 0.25) is 0 Å². The molecular weight excluding hydrogens is 232 g/mol. The molecule has 0 nitrogen and oxygen atoms in total. The maximum atomic E-state index is 4.27. The molecule has 0 N–H and O–H groups in total. The Hall–Kier alpha value is -0.0800. The summed E-state index contributed by atoms with van der Waals surface area (Å²) in [7, 11) is 0. The molecule has 16 heavy (non-hydrogen) atoms. The average molecular weight is 254 g/mol. The smallest absolute Gasteiger partial charge is 0.00747 e. The number of hydrogen-bond acceptors (Lipinski definition) is 2. The van der Waals surface area contributed by atoms with E-state index in [0.29, 0.717) is 0 Å². The van der Waals surface area contributed by atoms with E-state index in [0.717, 1.165) is 11.7 Å². The van der Waals surface area contributed by atoms with E-state index < -0.39 is 0 Å². The Morgan fingerprint density at radius 1 is 1.19 bits per heavy atom. The first-order valence-electron chi connectivity index (χ1n) is 5.94. The minimum atomic E-state index is 0.802. The van der Waals surface area contributed by atoms with Gasteiger partial charge in [-0.25, -0.2) is 0 Å². The molecule has 1 unspecified atom stereocenters. The fourth-order valence-corrected chi connectivity index (χ4v) is 3.17. The first kappa shape index (κ1) is 14.0. The molecule has 2 heteroatoms. The van der Waals surface area contributed by atoms with Gasteiger partial charge >= 0.3 is 0 Å². The minimum Gasteiger partial charge on any atom is -0.179 e. The normalized spacial score (nSPS) is 12.8. The summed E-state index contributed by atoms with van der Waals surface area (Å²) in [5.74, 6) is 3.03. The lowest BCUT2D eigenvalue weighted by Gasteiger charge is -2.09. The Balaban J connectivity index is 2.34. The largest absolute Gasteiger partial charge is 0.179 e. The van der Waals surface area contributed by atoms with Crippen LogP contribution in [-0.2, 0) is 0 Å². The molecule has 90 valence electrons. The van der Waals surface area contributed by atoms with E-state index >= 15 is 0 Å².